The molecule has 1 unspecified atom stereocenters. The number of hydrogen-bond donors (Lipinski definition) is 2. The molecule has 0 aliphatic rings. The van der Waals surface area contributed by atoms with E-state index >= 15 is 0 Å². The van der Waals surface area contributed by atoms with Gasteiger partial charge >= 0.3 is 0 Å². The Morgan fingerprint density at radius 3 is 2.52 bits per heavy atom. The number of benzene rings is 2. The largest absolute Gasteiger partial charge is 0.493 e. The fraction of sp³-hybridized carbons (Fsp3) is 0.409. The average molecular weight is 428 g/mol. The zero-order valence-electron chi connectivity index (χ0n) is 18.2. The molecule has 31 heavy (non-hydrogen) atoms. The molecule has 1 aromatic heterocycles. The number of fused-ring (bicyclic) bond motifs is 2. The van der Waals surface area contributed by atoms with Crippen LogP contribution in [0.4, 0.5) is 11.4 Å². The van der Waals surface area contributed by atoms with Gasteiger partial charge in [0.15, 0.2) is 11.5 Å². The maximum Gasteiger partial charge on any atom is 0.271 e. The van der Waals surface area contributed by atoms with Crippen LogP contribution in [0.3, 0.4) is 0 Å². The first-order chi connectivity index (χ1) is 14.9. The fourth-order valence-corrected chi connectivity index (χ4v) is 3.70. The highest BCUT2D eigenvalue weighted by atomic mass is 16.6. The summed E-state index contributed by atoms with van der Waals surface area (Å²) in [5.74, 6) is 1.05. The van der Waals surface area contributed by atoms with Gasteiger partial charge in [-0.15, -0.1) is 0 Å². The Kier molecular flexibility index (Phi) is 7.09. The van der Waals surface area contributed by atoms with Crippen LogP contribution >= 0.6 is 0 Å². The molecule has 0 bridgehead atoms. The van der Waals surface area contributed by atoms with Crippen LogP contribution in [0.25, 0.3) is 21.8 Å². The SMILES string of the molecule is CCN(CC)CC(O)CNc1c2ccc([N+](=O)[O-])cc2nc2ccc(OC)c(OC)c12. The molecule has 0 aliphatic heterocycles. The van der Waals surface area contributed by atoms with E-state index in [0.717, 1.165) is 13.1 Å². The van der Waals surface area contributed by atoms with Crippen LogP contribution in [0.5, 0.6) is 11.5 Å². The highest BCUT2D eigenvalue weighted by Crippen LogP contribution is 2.42. The van der Waals surface area contributed by atoms with E-state index in [0.29, 0.717) is 52.1 Å². The quantitative estimate of drug-likeness (QED) is 0.287. The number of nitrogens with one attached hydrogen (secondary N) is 1. The van der Waals surface area contributed by atoms with E-state index in [1.165, 1.54) is 12.1 Å². The van der Waals surface area contributed by atoms with E-state index < -0.39 is 11.0 Å². The Balaban J connectivity index is 2.14. The van der Waals surface area contributed by atoms with Gasteiger partial charge in [-0.05, 0) is 31.3 Å². The van der Waals surface area contributed by atoms with Crippen molar-refractivity contribution in [1.82, 2.24) is 9.88 Å². The molecular weight excluding hydrogens is 400 g/mol. The van der Waals surface area contributed by atoms with Gasteiger partial charge in [0.25, 0.3) is 5.69 Å². The summed E-state index contributed by atoms with van der Waals surface area (Å²) in [4.78, 5) is 17.6. The number of nitro groups is 1. The standard InChI is InChI=1S/C22H28N4O5/c1-5-25(6-2)13-15(27)12-23-21-16-8-7-14(26(28)29)11-18(16)24-17-9-10-19(30-3)22(31-4)20(17)21/h7-11,15,27H,5-6,12-13H2,1-4H3,(H,23,24). The maximum absolute atomic E-state index is 11.2. The van der Waals surface area contributed by atoms with Crippen LogP contribution in [0.15, 0.2) is 30.3 Å². The number of likely N-dealkylation sites (N-methyl/N-ethyl adjacent to an activating group) is 1. The Hall–Kier alpha value is -3.17. The molecule has 166 valence electrons. The highest BCUT2D eigenvalue weighted by Gasteiger charge is 2.20. The third-order valence-corrected chi connectivity index (χ3v) is 5.35. The first-order valence-corrected chi connectivity index (χ1v) is 10.2. The lowest BCUT2D eigenvalue weighted by atomic mass is 10.1. The Morgan fingerprint density at radius 1 is 1.16 bits per heavy atom. The first-order valence-electron chi connectivity index (χ1n) is 10.2. The van der Waals surface area contributed by atoms with Crippen molar-refractivity contribution in [2.45, 2.75) is 20.0 Å². The summed E-state index contributed by atoms with van der Waals surface area (Å²) in [6, 6.07) is 8.09. The lowest BCUT2D eigenvalue weighted by Gasteiger charge is -2.23. The second-order valence-electron chi connectivity index (χ2n) is 7.16. The van der Waals surface area contributed by atoms with Crippen LogP contribution in [-0.4, -0.2) is 66.4 Å². The van der Waals surface area contributed by atoms with E-state index in [9.17, 15) is 15.2 Å². The minimum absolute atomic E-state index is 0.0349. The van der Waals surface area contributed by atoms with Gasteiger partial charge in [0.1, 0.15) is 0 Å². The van der Waals surface area contributed by atoms with Gasteiger partial charge < -0.3 is 24.8 Å². The number of nitro benzene ring substituents is 1. The van der Waals surface area contributed by atoms with Crippen LogP contribution in [0, 0.1) is 10.1 Å². The van der Waals surface area contributed by atoms with E-state index in [4.69, 9.17) is 9.47 Å². The number of non-ortho nitro benzene ring substituents is 1. The van der Waals surface area contributed by atoms with Crippen molar-refractivity contribution in [1.29, 1.82) is 0 Å². The van der Waals surface area contributed by atoms with Crippen LogP contribution < -0.4 is 14.8 Å². The van der Waals surface area contributed by atoms with Crippen LogP contribution in [-0.2, 0) is 0 Å². The molecule has 9 nitrogen and oxygen atoms in total. The summed E-state index contributed by atoms with van der Waals surface area (Å²) in [6.07, 6.45) is -0.604. The predicted octanol–water partition coefficient (Wildman–Crippen LogP) is 3.43. The first kappa shape index (κ1) is 22.5. The van der Waals surface area contributed by atoms with Gasteiger partial charge in [0, 0.05) is 30.6 Å². The molecule has 0 radical (unpaired) electrons. The summed E-state index contributed by atoms with van der Waals surface area (Å²) in [7, 11) is 3.11. The number of nitrogens with zero attached hydrogens (tertiary/aromatic N) is 3. The van der Waals surface area contributed by atoms with E-state index in [-0.39, 0.29) is 5.69 Å². The van der Waals surface area contributed by atoms with Crippen molar-refractivity contribution in [2.75, 3.05) is 45.7 Å². The van der Waals surface area contributed by atoms with Gasteiger partial charge in [-0.25, -0.2) is 4.98 Å². The summed E-state index contributed by atoms with van der Waals surface area (Å²) in [5, 5.41) is 26.5. The van der Waals surface area contributed by atoms with Gasteiger partial charge in [-0.2, -0.15) is 0 Å². The number of ether oxygens (including phenoxy) is 2. The van der Waals surface area contributed by atoms with Crippen molar-refractivity contribution in [3.63, 3.8) is 0 Å². The van der Waals surface area contributed by atoms with Crippen molar-refractivity contribution in [2.24, 2.45) is 0 Å². The number of methoxy groups -OCH3 is 2. The molecule has 0 amide bonds. The van der Waals surface area contributed by atoms with Crippen molar-refractivity contribution in [3.8, 4) is 11.5 Å². The predicted molar refractivity (Wildman–Crippen MR) is 121 cm³/mol. The summed E-state index contributed by atoms with van der Waals surface area (Å²) in [5.41, 5.74) is 1.73. The molecule has 1 atom stereocenters. The van der Waals surface area contributed by atoms with Gasteiger partial charge in [0.05, 0.1) is 47.4 Å². The molecule has 2 N–H and O–H groups in total. The monoisotopic (exact) mass is 428 g/mol. The lowest BCUT2D eigenvalue weighted by Crippen LogP contribution is -2.36. The molecule has 9 heteroatoms. The Labute approximate surface area is 180 Å². The van der Waals surface area contributed by atoms with E-state index in [1.54, 1.807) is 32.4 Å². The van der Waals surface area contributed by atoms with Crippen LogP contribution in [0.2, 0.25) is 0 Å². The number of aromatic nitrogens is 1. The van der Waals surface area contributed by atoms with E-state index in [1.807, 2.05) is 0 Å². The van der Waals surface area contributed by atoms with Gasteiger partial charge in [-0.1, -0.05) is 13.8 Å². The number of aliphatic hydroxyl groups is 1. The Morgan fingerprint density at radius 2 is 1.90 bits per heavy atom. The third-order valence-electron chi connectivity index (χ3n) is 5.35. The summed E-state index contributed by atoms with van der Waals surface area (Å²) >= 11 is 0. The molecule has 1 heterocycles. The number of aliphatic hydroxyl groups excluding tert-OH is 1. The molecular formula is C22H28N4O5. The highest BCUT2D eigenvalue weighted by molar-refractivity contribution is 6.11. The van der Waals surface area contributed by atoms with Crippen molar-refractivity contribution >= 4 is 33.2 Å². The van der Waals surface area contributed by atoms with E-state index in [2.05, 4.69) is 29.0 Å². The maximum atomic E-state index is 11.2. The second-order valence-corrected chi connectivity index (χ2v) is 7.16. The average Bonchev–Trinajstić information content (AvgIpc) is 2.78. The normalized spacial score (nSPS) is 12.3. The fourth-order valence-electron chi connectivity index (χ4n) is 3.70. The zero-order valence-corrected chi connectivity index (χ0v) is 18.2. The number of pyridine rings is 1. The summed E-state index contributed by atoms with van der Waals surface area (Å²) < 4.78 is 11.1. The molecule has 0 saturated heterocycles. The molecule has 3 aromatic rings. The third kappa shape index (κ3) is 4.62. The van der Waals surface area contributed by atoms with Crippen LogP contribution in [0.1, 0.15) is 13.8 Å². The summed E-state index contributed by atoms with van der Waals surface area (Å²) in [6.45, 7) is 6.64. The number of rotatable bonds is 10. The molecule has 0 fully saturated rings. The Bertz CT molecular complexity index is 1080. The topological polar surface area (TPSA) is 110 Å². The second kappa shape index (κ2) is 9.76. The molecule has 0 spiro atoms. The zero-order chi connectivity index (χ0) is 22.5. The van der Waals surface area contributed by atoms with Gasteiger partial charge in [-0.3, -0.25) is 10.1 Å². The molecule has 0 saturated carbocycles. The van der Waals surface area contributed by atoms with Crippen molar-refractivity contribution < 1.29 is 19.5 Å². The smallest absolute Gasteiger partial charge is 0.271 e. The number of anilines is 1. The lowest BCUT2D eigenvalue weighted by molar-refractivity contribution is -0.384. The minimum Gasteiger partial charge on any atom is -0.493 e. The molecule has 3 rings (SSSR count). The minimum atomic E-state index is -0.604. The van der Waals surface area contributed by atoms with Gasteiger partial charge in [0.2, 0.25) is 0 Å². The number of hydrogen-bond acceptors (Lipinski definition) is 8. The molecule has 0 aliphatic carbocycles. The van der Waals surface area contributed by atoms with Crippen molar-refractivity contribution in [3.05, 3.63) is 40.4 Å². The molecule has 2 aromatic carbocycles.